The maximum Gasteiger partial charge on any atom is 0.0485 e. The van der Waals surface area contributed by atoms with Gasteiger partial charge in [0.25, 0.3) is 0 Å². The molecule has 0 aliphatic carbocycles. The van der Waals surface area contributed by atoms with Gasteiger partial charge in [-0.15, -0.1) is 0 Å². The molecule has 2 heteroatoms. The quantitative estimate of drug-likeness (QED) is 0.602. The van der Waals surface area contributed by atoms with Gasteiger partial charge >= 0.3 is 0 Å². The van der Waals surface area contributed by atoms with Gasteiger partial charge in [-0.2, -0.15) is 0 Å². The van der Waals surface area contributed by atoms with Crippen molar-refractivity contribution in [2.45, 2.75) is 6.92 Å². The van der Waals surface area contributed by atoms with Gasteiger partial charge in [0.05, 0.1) is 0 Å². The number of hydrogen-bond acceptors (Lipinski definition) is 1. The predicted octanol–water partition coefficient (Wildman–Crippen LogP) is 3.20. The van der Waals surface area contributed by atoms with E-state index >= 15 is 0 Å². The first-order chi connectivity index (χ1) is 5.79. The smallest absolute Gasteiger partial charge is 0.0485 e. The first-order valence-corrected chi connectivity index (χ1v) is 4.16. The molecule has 1 nitrogen and oxygen atoms in total. The van der Waals surface area contributed by atoms with Crippen LogP contribution >= 0.6 is 11.6 Å². The third-order valence-corrected chi connectivity index (χ3v) is 2.28. The number of aromatic nitrogens is 1. The normalized spacial score (nSPS) is 10.5. The number of benzene rings is 1. The minimum absolute atomic E-state index is 0.790. The van der Waals surface area contributed by atoms with Gasteiger partial charge in [0, 0.05) is 27.7 Å². The van der Waals surface area contributed by atoms with E-state index in [1.54, 1.807) is 6.20 Å². The fraction of sp³-hybridized carbons (Fsp3) is 0.100. The molecule has 0 aliphatic rings. The molecular formula is C10H8ClN. The Bertz CT molecular complexity index is 382. The lowest BCUT2D eigenvalue weighted by molar-refractivity contribution is 1.24. The van der Waals surface area contributed by atoms with Crippen LogP contribution in [0.3, 0.4) is 0 Å². The van der Waals surface area contributed by atoms with Crippen molar-refractivity contribution in [1.29, 1.82) is 0 Å². The number of aryl methyl sites for hydroxylation is 1. The summed E-state index contributed by atoms with van der Waals surface area (Å²) >= 11 is 6.00. The fourth-order valence-corrected chi connectivity index (χ4v) is 1.55. The molecule has 60 valence electrons. The van der Waals surface area contributed by atoms with Crippen LogP contribution in [0.2, 0.25) is 5.02 Å². The minimum atomic E-state index is 0.790. The van der Waals surface area contributed by atoms with Crippen molar-refractivity contribution in [1.82, 2.24) is 4.98 Å². The van der Waals surface area contributed by atoms with E-state index in [1.165, 1.54) is 0 Å². The summed E-state index contributed by atoms with van der Waals surface area (Å²) in [4.78, 5) is 4.19. The lowest BCUT2D eigenvalue weighted by atomic mass is 10.1. The van der Waals surface area contributed by atoms with E-state index in [4.69, 9.17) is 11.6 Å². The number of nitrogens with zero attached hydrogens (tertiary/aromatic N) is 1. The van der Waals surface area contributed by atoms with Crippen LogP contribution in [0.1, 0.15) is 5.69 Å². The van der Waals surface area contributed by atoms with Crippen molar-refractivity contribution in [3.8, 4) is 0 Å². The van der Waals surface area contributed by atoms with Gasteiger partial charge < -0.3 is 0 Å². The van der Waals surface area contributed by atoms with Crippen LogP contribution in [0.15, 0.2) is 30.5 Å². The van der Waals surface area contributed by atoms with Crippen LogP contribution in [0, 0.1) is 6.92 Å². The summed E-state index contributed by atoms with van der Waals surface area (Å²) in [5.74, 6) is 0. The molecule has 0 N–H and O–H groups in total. The summed E-state index contributed by atoms with van der Waals surface area (Å²) in [5, 5.41) is 3.00. The van der Waals surface area contributed by atoms with E-state index in [1.807, 2.05) is 31.2 Å². The molecule has 0 saturated carbocycles. The summed E-state index contributed by atoms with van der Waals surface area (Å²) in [6.07, 6.45) is 1.78. The van der Waals surface area contributed by atoms with Gasteiger partial charge in [-0.25, -0.2) is 0 Å². The van der Waals surface area contributed by atoms with Crippen molar-refractivity contribution in [3.05, 3.63) is 41.2 Å². The number of rotatable bonds is 0. The van der Waals surface area contributed by atoms with Crippen LogP contribution < -0.4 is 0 Å². The van der Waals surface area contributed by atoms with Crippen molar-refractivity contribution >= 4 is 22.4 Å². The summed E-state index contributed by atoms with van der Waals surface area (Å²) in [7, 11) is 0. The van der Waals surface area contributed by atoms with Crippen molar-refractivity contribution in [3.63, 3.8) is 0 Å². The van der Waals surface area contributed by atoms with Crippen molar-refractivity contribution in [2.75, 3.05) is 0 Å². The Morgan fingerprint density at radius 1 is 1.17 bits per heavy atom. The molecule has 0 bridgehead atoms. The number of halogens is 1. The maximum atomic E-state index is 6.00. The zero-order valence-electron chi connectivity index (χ0n) is 6.71. The molecule has 12 heavy (non-hydrogen) atoms. The van der Waals surface area contributed by atoms with Crippen LogP contribution in [0.4, 0.5) is 0 Å². The zero-order valence-corrected chi connectivity index (χ0v) is 7.47. The van der Waals surface area contributed by atoms with Crippen LogP contribution in [0.5, 0.6) is 0 Å². The van der Waals surface area contributed by atoms with Crippen molar-refractivity contribution < 1.29 is 0 Å². The Morgan fingerprint density at radius 2 is 2.00 bits per heavy atom. The maximum absolute atomic E-state index is 6.00. The average Bonchev–Trinajstić information content (AvgIpc) is 2.07. The molecule has 0 saturated heterocycles. The molecule has 1 aromatic heterocycles. The van der Waals surface area contributed by atoms with E-state index in [0.29, 0.717) is 0 Å². The highest BCUT2D eigenvalue weighted by atomic mass is 35.5. The van der Waals surface area contributed by atoms with Crippen molar-refractivity contribution in [2.24, 2.45) is 0 Å². The van der Waals surface area contributed by atoms with E-state index in [-0.39, 0.29) is 0 Å². The summed E-state index contributed by atoms with van der Waals surface area (Å²) < 4.78 is 0. The number of fused-ring (bicyclic) bond motifs is 1. The third-order valence-electron chi connectivity index (χ3n) is 1.95. The summed E-state index contributed by atoms with van der Waals surface area (Å²) in [5.41, 5.74) is 1.02. The Kier molecular flexibility index (Phi) is 1.74. The average molecular weight is 178 g/mol. The molecule has 0 spiro atoms. The summed E-state index contributed by atoms with van der Waals surface area (Å²) in [6.45, 7) is 1.98. The molecule has 0 atom stereocenters. The van der Waals surface area contributed by atoms with Crippen LogP contribution in [0.25, 0.3) is 10.8 Å². The minimum Gasteiger partial charge on any atom is -0.261 e. The van der Waals surface area contributed by atoms with Gasteiger partial charge in [0.2, 0.25) is 0 Å². The Morgan fingerprint density at radius 3 is 2.75 bits per heavy atom. The Labute approximate surface area is 76.0 Å². The SMILES string of the molecule is Cc1nccc2c(Cl)cccc12. The second-order valence-corrected chi connectivity index (χ2v) is 3.14. The standard InChI is InChI=1S/C10H8ClN/c1-7-8-3-2-4-10(11)9(8)5-6-12-7/h2-6H,1H3. The molecule has 2 aromatic rings. The highest BCUT2D eigenvalue weighted by Crippen LogP contribution is 2.23. The second kappa shape index (κ2) is 2.76. The molecule has 1 heterocycles. The van der Waals surface area contributed by atoms with Gasteiger partial charge in [0.15, 0.2) is 0 Å². The second-order valence-electron chi connectivity index (χ2n) is 2.73. The third kappa shape index (κ3) is 1.07. The number of pyridine rings is 1. The van der Waals surface area contributed by atoms with Gasteiger partial charge in [-0.1, -0.05) is 23.7 Å². The number of hydrogen-bond donors (Lipinski definition) is 0. The molecule has 0 fully saturated rings. The first-order valence-electron chi connectivity index (χ1n) is 3.79. The molecule has 0 radical (unpaired) electrons. The lowest BCUT2D eigenvalue weighted by Crippen LogP contribution is -1.82. The molecular weight excluding hydrogens is 170 g/mol. The first kappa shape index (κ1) is 7.56. The molecule has 0 aliphatic heterocycles. The van der Waals surface area contributed by atoms with Crippen LogP contribution in [-0.2, 0) is 0 Å². The van der Waals surface area contributed by atoms with E-state index in [0.717, 1.165) is 21.5 Å². The molecule has 0 unspecified atom stereocenters. The van der Waals surface area contributed by atoms with Gasteiger partial charge in [-0.05, 0) is 19.1 Å². The topological polar surface area (TPSA) is 12.9 Å². The predicted molar refractivity (Wildman–Crippen MR) is 51.5 cm³/mol. The highest BCUT2D eigenvalue weighted by Gasteiger charge is 1.99. The van der Waals surface area contributed by atoms with Gasteiger partial charge in [-0.3, -0.25) is 4.98 Å². The molecule has 2 rings (SSSR count). The molecule has 0 amide bonds. The van der Waals surface area contributed by atoms with E-state index in [2.05, 4.69) is 4.98 Å². The lowest BCUT2D eigenvalue weighted by Gasteiger charge is -2.01. The Hall–Kier alpha value is -1.08. The molecule has 1 aromatic carbocycles. The monoisotopic (exact) mass is 177 g/mol. The van der Waals surface area contributed by atoms with Crippen LogP contribution in [-0.4, -0.2) is 4.98 Å². The fourth-order valence-electron chi connectivity index (χ4n) is 1.32. The summed E-state index contributed by atoms with van der Waals surface area (Å²) in [6, 6.07) is 7.80. The van der Waals surface area contributed by atoms with Gasteiger partial charge in [0.1, 0.15) is 0 Å². The largest absolute Gasteiger partial charge is 0.261 e. The van der Waals surface area contributed by atoms with E-state index in [9.17, 15) is 0 Å². The Balaban J connectivity index is 2.94. The zero-order chi connectivity index (χ0) is 8.55. The highest BCUT2D eigenvalue weighted by molar-refractivity contribution is 6.35. The van der Waals surface area contributed by atoms with E-state index < -0.39 is 0 Å².